The summed E-state index contributed by atoms with van der Waals surface area (Å²) in [6.45, 7) is 7.89. The molecule has 182 valence electrons. The van der Waals surface area contributed by atoms with Crippen LogP contribution in [0.2, 0.25) is 0 Å². The largest absolute Gasteiger partial charge is 0.466 e. The average Bonchev–Trinajstić information content (AvgIpc) is 2.71. The molecule has 0 saturated heterocycles. The van der Waals surface area contributed by atoms with Crippen molar-refractivity contribution >= 4 is 22.1 Å². The van der Waals surface area contributed by atoms with Crippen LogP contribution in [0.5, 0.6) is 0 Å². The fourth-order valence-corrected chi connectivity index (χ4v) is 4.19. The van der Waals surface area contributed by atoms with E-state index in [1.807, 2.05) is 0 Å². The summed E-state index contributed by atoms with van der Waals surface area (Å²) in [4.78, 5) is 24.9. The second kappa shape index (κ2) is 17.2. The molecular formula is C23H42O7S. The predicted octanol–water partition coefficient (Wildman–Crippen LogP) is 5.39. The van der Waals surface area contributed by atoms with Gasteiger partial charge in [0.1, 0.15) is 0 Å². The van der Waals surface area contributed by atoms with E-state index in [4.69, 9.17) is 9.47 Å². The molecule has 0 bridgehead atoms. The van der Waals surface area contributed by atoms with Crippen LogP contribution < -0.4 is 0 Å². The predicted molar refractivity (Wildman–Crippen MR) is 122 cm³/mol. The maximum absolute atomic E-state index is 12.6. The van der Waals surface area contributed by atoms with Gasteiger partial charge < -0.3 is 9.47 Å². The van der Waals surface area contributed by atoms with E-state index in [-0.39, 0.29) is 13.2 Å². The number of unbranched alkanes of at least 4 members (excludes halogenated alkanes) is 10. The van der Waals surface area contributed by atoms with Crippen LogP contribution in [0.3, 0.4) is 0 Å². The van der Waals surface area contributed by atoms with E-state index in [0.29, 0.717) is 12.8 Å². The molecule has 0 saturated carbocycles. The molecule has 8 heteroatoms. The molecule has 1 unspecified atom stereocenters. The maximum Gasteiger partial charge on any atom is 0.330 e. The monoisotopic (exact) mass is 462 g/mol. The van der Waals surface area contributed by atoms with Crippen LogP contribution in [0.25, 0.3) is 0 Å². The first-order valence-corrected chi connectivity index (χ1v) is 13.1. The third kappa shape index (κ3) is 12.3. The zero-order valence-electron chi connectivity index (χ0n) is 19.4. The Kier molecular flexibility index (Phi) is 16.4. The zero-order valence-corrected chi connectivity index (χ0v) is 20.2. The highest BCUT2D eigenvalue weighted by molar-refractivity contribution is 7.88. The maximum atomic E-state index is 12.6. The van der Waals surface area contributed by atoms with Gasteiger partial charge in [-0.25, -0.2) is 0 Å². The summed E-state index contributed by atoms with van der Waals surface area (Å²) in [5, 5.41) is 0. The van der Waals surface area contributed by atoms with Crippen molar-refractivity contribution in [3.05, 3.63) is 12.7 Å². The molecule has 0 rings (SSSR count). The first-order chi connectivity index (χ1) is 14.7. The number of rotatable bonds is 20. The molecule has 0 fully saturated rings. The molecule has 0 aliphatic rings. The number of allylic oxidation sites excluding steroid dienone is 1. The quantitative estimate of drug-likeness (QED) is 0.112. The number of carbonyl (C=O) groups is 2. The van der Waals surface area contributed by atoms with Crippen LogP contribution in [0.4, 0.5) is 0 Å². The fraction of sp³-hybridized carbons (Fsp3) is 0.826. The molecule has 0 spiro atoms. The summed E-state index contributed by atoms with van der Waals surface area (Å²) in [5.74, 6) is -2.00. The van der Waals surface area contributed by atoms with E-state index >= 15 is 0 Å². The van der Waals surface area contributed by atoms with Crippen molar-refractivity contribution in [2.45, 2.75) is 108 Å². The number of hydrogen-bond acceptors (Lipinski definition) is 6. The normalized spacial score (nSPS) is 13.4. The van der Waals surface area contributed by atoms with E-state index in [2.05, 4.69) is 20.4 Å². The summed E-state index contributed by atoms with van der Waals surface area (Å²) in [6.07, 6.45) is 11.8. The van der Waals surface area contributed by atoms with Crippen LogP contribution in [0.15, 0.2) is 12.7 Å². The topological polar surface area (TPSA) is 107 Å². The van der Waals surface area contributed by atoms with Crippen molar-refractivity contribution in [3.8, 4) is 0 Å². The Balaban J connectivity index is 4.76. The van der Waals surface area contributed by atoms with E-state index in [9.17, 15) is 22.6 Å². The molecule has 0 aromatic carbocycles. The van der Waals surface area contributed by atoms with Crippen LogP contribution in [0.1, 0.15) is 104 Å². The summed E-state index contributed by atoms with van der Waals surface area (Å²) in [6, 6.07) is 0. The second-order valence-electron chi connectivity index (χ2n) is 8.03. The molecule has 0 aliphatic heterocycles. The number of carbonyl (C=O) groups excluding carboxylic acids is 2. The Bertz CT molecular complexity index is 615. The Morgan fingerprint density at radius 2 is 1.29 bits per heavy atom. The van der Waals surface area contributed by atoms with Gasteiger partial charge in [0.15, 0.2) is 0 Å². The summed E-state index contributed by atoms with van der Waals surface area (Å²) >= 11 is 0. The van der Waals surface area contributed by atoms with Crippen LogP contribution >= 0.6 is 0 Å². The van der Waals surface area contributed by atoms with Gasteiger partial charge in [0.05, 0.1) is 19.6 Å². The first kappa shape index (κ1) is 29.6. The highest BCUT2D eigenvalue weighted by Gasteiger charge is 2.53. The van der Waals surface area contributed by atoms with Crippen molar-refractivity contribution in [1.29, 1.82) is 0 Å². The number of esters is 2. The number of ether oxygens (including phenoxy) is 2. The van der Waals surface area contributed by atoms with Gasteiger partial charge in [-0.2, -0.15) is 8.42 Å². The van der Waals surface area contributed by atoms with Crippen LogP contribution in [-0.4, -0.2) is 42.9 Å². The molecule has 0 heterocycles. The van der Waals surface area contributed by atoms with Crippen molar-refractivity contribution in [2.24, 2.45) is 0 Å². The van der Waals surface area contributed by atoms with Gasteiger partial charge in [0, 0.05) is 0 Å². The summed E-state index contributed by atoms with van der Waals surface area (Å²) in [5.41, 5.74) is 0. The third-order valence-corrected chi connectivity index (χ3v) is 6.73. The van der Waals surface area contributed by atoms with Gasteiger partial charge in [0.25, 0.3) is 10.1 Å². The lowest BCUT2D eigenvalue weighted by Crippen LogP contribution is -2.49. The van der Waals surface area contributed by atoms with Crippen LogP contribution in [-0.2, 0) is 29.2 Å². The fourth-order valence-electron chi connectivity index (χ4n) is 3.29. The molecule has 1 N–H and O–H groups in total. The van der Waals surface area contributed by atoms with Crippen molar-refractivity contribution in [3.63, 3.8) is 0 Å². The molecule has 0 aromatic heterocycles. The molecule has 0 amide bonds. The Labute approximate surface area is 188 Å². The van der Waals surface area contributed by atoms with Gasteiger partial charge >= 0.3 is 11.9 Å². The Hall–Kier alpha value is -1.41. The molecule has 0 aromatic rings. The van der Waals surface area contributed by atoms with Crippen molar-refractivity contribution in [1.82, 2.24) is 0 Å². The standard InChI is InChI=1S/C23H42O7S/c1-4-7-9-11-13-15-18-29-21(24)20-23(17-6-3,31(26,27)28)22(25)30-19-16-14-12-10-8-5-2/h6H,3-5,7-20H2,1-2H3,(H,26,27,28). The molecule has 1 atom stereocenters. The smallest absolute Gasteiger partial charge is 0.330 e. The van der Waals surface area contributed by atoms with E-state index in [1.165, 1.54) is 12.5 Å². The lowest BCUT2D eigenvalue weighted by molar-refractivity contribution is -0.153. The molecule has 31 heavy (non-hydrogen) atoms. The van der Waals surface area contributed by atoms with Crippen molar-refractivity contribution in [2.75, 3.05) is 13.2 Å². The van der Waals surface area contributed by atoms with Gasteiger partial charge in [0.2, 0.25) is 4.75 Å². The highest BCUT2D eigenvalue weighted by atomic mass is 32.2. The Morgan fingerprint density at radius 1 is 0.839 bits per heavy atom. The van der Waals surface area contributed by atoms with Gasteiger partial charge in [-0.3, -0.25) is 14.1 Å². The SMILES string of the molecule is C=CCC(CC(=O)OCCCCCCCC)(C(=O)OCCCCCCCC)S(=O)(=O)O. The second-order valence-corrected chi connectivity index (χ2v) is 9.76. The number of hydrogen-bond donors (Lipinski definition) is 1. The van der Waals surface area contributed by atoms with Gasteiger partial charge in [-0.15, -0.1) is 6.58 Å². The molecule has 0 aliphatic carbocycles. The summed E-state index contributed by atoms with van der Waals surface area (Å²) < 4.78 is 41.8. The minimum atomic E-state index is -4.93. The summed E-state index contributed by atoms with van der Waals surface area (Å²) in [7, 11) is -4.93. The van der Waals surface area contributed by atoms with E-state index in [1.54, 1.807) is 0 Å². The Morgan fingerprint density at radius 3 is 1.74 bits per heavy atom. The molecule has 0 radical (unpaired) electrons. The zero-order chi connectivity index (χ0) is 23.6. The van der Waals surface area contributed by atoms with Gasteiger partial charge in [-0.1, -0.05) is 84.1 Å². The van der Waals surface area contributed by atoms with Crippen molar-refractivity contribution < 1.29 is 32.0 Å². The highest BCUT2D eigenvalue weighted by Crippen LogP contribution is 2.29. The minimum Gasteiger partial charge on any atom is -0.466 e. The first-order valence-electron chi connectivity index (χ1n) is 11.7. The van der Waals surface area contributed by atoms with E-state index < -0.39 is 39.6 Å². The average molecular weight is 463 g/mol. The lowest BCUT2D eigenvalue weighted by Gasteiger charge is -2.26. The third-order valence-electron chi connectivity index (χ3n) is 5.26. The lowest BCUT2D eigenvalue weighted by atomic mass is 10.0. The van der Waals surface area contributed by atoms with Crippen LogP contribution in [0, 0.1) is 0 Å². The minimum absolute atomic E-state index is 0.0339. The molecule has 7 nitrogen and oxygen atoms in total. The van der Waals surface area contributed by atoms with Gasteiger partial charge in [-0.05, 0) is 19.3 Å². The van der Waals surface area contributed by atoms with E-state index in [0.717, 1.165) is 57.8 Å². The molecular weight excluding hydrogens is 420 g/mol.